The number of hydrogen-bond acceptors (Lipinski definition) is 3. The van der Waals surface area contributed by atoms with Gasteiger partial charge in [0.15, 0.2) is 0 Å². The van der Waals surface area contributed by atoms with Crippen molar-refractivity contribution < 1.29 is 8.42 Å². The van der Waals surface area contributed by atoms with Crippen LogP contribution in [0.1, 0.15) is 24.8 Å². The Morgan fingerprint density at radius 1 is 1.47 bits per heavy atom. The zero-order valence-corrected chi connectivity index (χ0v) is 14.6. The van der Waals surface area contributed by atoms with Crippen molar-refractivity contribution in [1.82, 2.24) is 4.72 Å². The van der Waals surface area contributed by atoms with Crippen LogP contribution in [0.15, 0.2) is 10.3 Å². The molecule has 1 aliphatic carbocycles. The second-order valence-corrected chi connectivity index (χ2v) is 9.27. The predicted molar refractivity (Wildman–Crippen MR) is 83.9 cm³/mol. The second-order valence-electron chi connectivity index (χ2n) is 4.98. The molecule has 0 amide bonds. The summed E-state index contributed by atoms with van der Waals surface area (Å²) < 4.78 is 27.9. The average molecular weight is 387 g/mol. The molecule has 1 aliphatic rings. The Morgan fingerprint density at radius 2 is 2.16 bits per heavy atom. The maximum Gasteiger partial charge on any atom is 0.250 e. The van der Waals surface area contributed by atoms with Gasteiger partial charge in [-0.25, -0.2) is 13.1 Å². The van der Waals surface area contributed by atoms with Gasteiger partial charge in [-0.3, -0.25) is 0 Å². The molecule has 3 nitrogen and oxygen atoms in total. The van der Waals surface area contributed by atoms with Crippen molar-refractivity contribution in [3.63, 3.8) is 0 Å². The van der Waals surface area contributed by atoms with Gasteiger partial charge in [0.2, 0.25) is 10.0 Å². The lowest BCUT2D eigenvalue weighted by atomic mass is 9.99. The van der Waals surface area contributed by atoms with Crippen molar-refractivity contribution in [3.05, 3.63) is 16.0 Å². The van der Waals surface area contributed by atoms with Gasteiger partial charge in [-0.2, -0.15) is 0 Å². The van der Waals surface area contributed by atoms with E-state index in [0.717, 1.165) is 28.7 Å². The normalized spacial score (nSPS) is 23.9. The lowest BCUT2D eigenvalue weighted by Gasteiger charge is -2.17. The van der Waals surface area contributed by atoms with E-state index in [-0.39, 0.29) is 0 Å². The van der Waals surface area contributed by atoms with E-state index in [1.54, 1.807) is 6.07 Å². The monoisotopic (exact) mass is 385 g/mol. The van der Waals surface area contributed by atoms with Crippen LogP contribution >= 0.6 is 38.9 Å². The minimum absolute atomic E-state index is 0.309. The number of aryl methyl sites for hydroxylation is 1. The second kappa shape index (κ2) is 6.43. The molecule has 2 atom stereocenters. The molecule has 0 radical (unpaired) electrons. The predicted octanol–water partition coefficient (Wildman–Crippen LogP) is 3.80. The van der Waals surface area contributed by atoms with E-state index in [1.165, 1.54) is 12.8 Å². The van der Waals surface area contributed by atoms with Gasteiger partial charge in [-0.1, -0.05) is 34.0 Å². The van der Waals surface area contributed by atoms with Crippen LogP contribution in [0.5, 0.6) is 0 Å². The highest BCUT2D eigenvalue weighted by Gasteiger charge is 2.28. The topological polar surface area (TPSA) is 46.2 Å². The Bertz CT molecular complexity index is 524. The largest absolute Gasteiger partial charge is 0.250 e. The molecule has 1 N–H and O–H groups in total. The number of rotatable bonds is 5. The molecule has 1 aromatic heterocycles. The summed E-state index contributed by atoms with van der Waals surface area (Å²) in [4.78, 5) is 0. The molecule has 1 heterocycles. The zero-order chi connectivity index (χ0) is 14.0. The fourth-order valence-corrected chi connectivity index (χ4v) is 6.14. The molecular weight excluding hydrogens is 370 g/mol. The summed E-state index contributed by atoms with van der Waals surface area (Å²) in [6.07, 6.45) is 3.47. The highest BCUT2D eigenvalue weighted by atomic mass is 79.9. The Balaban J connectivity index is 2.02. The molecule has 1 aromatic rings. The van der Waals surface area contributed by atoms with E-state index in [9.17, 15) is 8.42 Å². The molecule has 2 rings (SSSR count). The highest BCUT2D eigenvalue weighted by Crippen LogP contribution is 2.33. The van der Waals surface area contributed by atoms with Crippen LogP contribution < -0.4 is 4.72 Å². The summed E-state index contributed by atoms with van der Waals surface area (Å²) in [5.74, 6) is 1.02. The summed E-state index contributed by atoms with van der Waals surface area (Å²) in [6, 6.07) is 1.63. The molecule has 1 fully saturated rings. The summed E-state index contributed by atoms with van der Waals surface area (Å²) in [7, 11) is -3.41. The van der Waals surface area contributed by atoms with E-state index < -0.39 is 10.0 Å². The van der Waals surface area contributed by atoms with Crippen molar-refractivity contribution in [3.8, 4) is 0 Å². The van der Waals surface area contributed by atoms with E-state index in [1.807, 2.05) is 6.92 Å². The first-order chi connectivity index (χ1) is 8.94. The van der Waals surface area contributed by atoms with Crippen LogP contribution in [-0.2, 0) is 10.0 Å². The fourth-order valence-electron chi connectivity index (χ4n) is 2.44. The molecule has 2 unspecified atom stereocenters. The minimum atomic E-state index is -3.41. The molecule has 1 saturated carbocycles. The smallest absolute Gasteiger partial charge is 0.210 e. The van der Waals surface area contributed by atoms with E-state index in [2.05, 4.69) is 20.7 Å². The zero-order valence-electron chi connectivity index (χ0n) is 10.7. The highest BCUT2D eigenvalue weighted by molar-refractivity contribution is 9.09. The molecule has 19 heavy (non-hydrogen) atoms. The third kappa shape index (κ3) is 3.73. The van der Waals surface area contributed by atoms with E-state index in [4.69, 9.17) is 11.6 Å². The van der Waals surface area contributed by atoms with Crippen molar-refractivity contribution in [2.24, 2.45) is 11.8 Å². The first kappa shape index (κ1) is 15.8. The minimum Gasteiger partial charge on any atom is -0.210 e. The number of hydrogen-bond donors (Lipinski definition) is 1. The third-order valence-corrected chi connectivity index (χ3v) is 7.93. The molecule has 0 bridgehead atoms. The lowest BCUT2D eigenvalue weighted by molar-refractivity contribution is 0.422. The van der Waals surface area contributed by atoms with Gasteiger partial charge in [0, 0.05) is 11.9 Å². The summed E-state index contributed by atoms with van der Waals surface area (Å²) >= 11 is 10.5. The summed E-state index contributed by atoms with van der Waals surface area (Å²) in [6.45, 7) is 2.34. The van der Waals surface area contributed by atoms with Crippen LogP contribution in [0.2, 0.25) is 4.34 Å². The van der Waals surface area contributed by atoms with E-state index >= 15 is 0 Å². The summed E-state index contributed by atoms with van der Waals surface area (Å²) in [5.41, 5.74) is 0.811. The average Bonchev–Trinajstić information content (AvgIpc) is 2.94. The Hall–Kier alpha value is 0.380. The van der Waals surface area contributed by atoms with Crippen LogP contribution in [0.4, 0.5) is 0 Å². The number of thiophene rings is 1. The molecule has 0 saturated heterocycles. The van der Waals surface area contributed by atoms with Gasteiger partial charge in [0.1, 0.15) is 4.21 Å². The number of nitrogens with one attached hydrogen (secondary N) is 1. The number of alkyl halides is 1. The van der Waals surface area contributed by atoms with Gasteiger partial charge >= 0.3 is 0 Å². The first-order valence-corrected chi connectivity index (χ1v) is 10.1. The van der Waals surface area contributed by atoms with Crippen molar-refractivity contribution in [2.75, 3.05) is 11.9 Å². The number of halogens is 2. The Kier molecular flexibility index (Phi) is 5.34. The van der Waals surface area contributed by atoms with Gasteiger partial charge in [-0.05, 0) is 43.2 Å². The van der Waals surface area contributed by atoms with E-state index in [0.29, 0.717) is 26.9 Å². The fraction of sp³-hybridized carbons (Fsp3) is 0.667. The van der Waals surface area contributed by atoms with Crippen molar-refractivity contribution >= 4 is 48.9 Å². The molecule has 0 aliphatic heterocycles. The molecule has 0 aromatic carbocycles. The van der Waals surface area contributed by atoms with Gasteiger partial charge in [-0.15, -0.1) is 11.3 Å². The third-order valence-electron chi connectivity index (χ3n) is 3.65. The Morgan fingerprint density at radius 3 is 2.74 bits per heavy atom. The van der Waals surface area contributed by atoms with Gasteiger partial charge in [0.05, 0.1) is 4.34 Å². The quantitative estimate of drug-likeness (QED) is 0.782. The molecule has 7 heteroatoms. The SMILES string of the molecule is Cc1cc(S(=O)(=O)NCC2CCCC2CBr)sc1Cl. The Labute approximate surface area is 131 Å². The molecule has 0 spiro atoms. The summed E-state index contributed by atoms with van der Waals surface area (Å²) in [5, 5.41) is 0.948. The van der Waals surface area contributed by atoms with Crippen LogP contribution in [0.25, 0.3) is 0 Å². The number of sulfonamides is 1. The van der Waals surface area contributed by atoms with Crippen molar-refractivity contribution in [1.29, 1.82) is 0 Å². The molecular formula is C12H17BrClNO2S2. The lowest BCUT2D eigenvalue weighted by Crippen LogP contribution is -2.30. The van der Waals surface area contributed by atoms with Crippen LogP contribution in [0, 0.1) is 18.8 Å². The standard InChI is InChI=1S/C12H17BrClNO2S2/c1-8-5-11(18-12(8)14)19(16,17)15-7-10-4-2-3-9(10)6-13/h5,9-10,15H,2-4,6-7H2,1H3. The van der Waals surface area contributed by atoms with Gasteiger partial charge in [0.25, 0.3) is 0 Å². The maximum absolute atomic E-state index is 12.2. The first-order valence-electron chi connectivity index (χ1n) is 6.25. The van der Waals surface area contributed by atoms with Crippen LogP contribution in [0.3, 0.4) is 0 Å². The van der Waals surface area contributed by atoms with Gasteiger partial charge < -0.3 is 0 Å². The molecule has 108 valence electrons. The van der Waals surface area contributed by atoms with Crippen LogP contribution in [-0.4, -0.2) is 20.3 Å². The van der Waals surface area contributed by atoms with Crippen molar-refractivity contribution in [2.45, 2.75) is 30.4 Å². The maximum atomic E-state index is 12.2.